The summed E-state index contributed by atoms with van der Waals surface area (Å²) in [5.41, 5.74) is 0. The number of hydrogen-bond acceptors (Lipinski definition) is 2. The molecule has 80 valence electrons. The molecule has 1 aromatic carbocycles. The first-order valence-electron chi connectivity index (χ1n) is 3.94. The van der Waals surface area contributed by atoms with E-state index in [0.717, 1.165) is 6.07 Å². The minimum absolute atomic E-state index is 0. The van der Waals surface area contributed by atoms with Crippen molar-refractivity contribution in [3.63, 3.8) is 0 Å². The van der Waals surface area contributed by atoms with E-state index in [-0.39, 0.29) is 42.6 Å². The van der Waals surface area contributed by atoms with E-state index in [2.05, 4.69) is 0 Å². The number of hydrogen-bond donors (Lipinski definition) is 0. The van der Waals surface area contributed by atoms with Gasteiger partial charge in [-0.2, -0.15) is 0 Å². The predicted molar refractivity (Wildman–Crippen MR) is 48.7 cm³/mol. The summed E-state index contributed by atoms with van der Waals surface area (Å²) in [5.74, 6) is -0.526. The minimum atomic E-state index is -3.34. The van der Waals surface area contributed by atoms with Gasteiger partial charge >= 0.3 is 0 Å². The van der Waals surface area contributed by atoms with Crippen LogP contribution >= 0.6 is 0 Å². The Morgan fingerprint density at radius 1 is 1.29 bits per heavy atom. The third-order valence-corrected chi connectivity index (χ3v) is 3.90. The second kappa shape index (κ2) is 5.45. The molecule has 0 unspecified atom stereocenters. The van der Waals surface area contributed by atoms with Crippen LogP contribution in [-0.2, 0) is 9.84 Å². The zero-order valence-corrected chi connectivity index (χ0v) is 9.37. The van der Waals surface area contributed by atoms with Gasteiger partial charge in [-0.15, -0.1) is 0 Å². The number of sulfone groups is 1. The molecule has 0 aromatic heterocycles. The van der Waals surface area contributed by atoms with Crippen molar-refractivity contribution in [3.8, 4) is 0 Å². The zero-order valence-electron chi connectivity index (χ0n) is 7.84. The fraction of sp³-hybridized carbons (Fsp3) is 0.333. The molecule has 1 aromatic rings. The Morgan fingerprint density at radius 3 is 2.29 bits per heavy atom. The molecule has 0 atom stereocenters. The van der Waals surface area contributed by atoms with Gasteiger partial charge in [0, 0.05) is 37.7 Å². The molecule has 0 radical (unpaired) electrons. The Labute approximate surface area is 113 Å². The Balaban J connectivity index is 0.00000169. The van der Waals surface area contributed by atoms with Gasteiger partial charge in [-0.1, -0.05) is 6.07 Å². The summed E-state index contributed by atoms with van der Waals surface area (Å²) >= 11 is 0. The van der Waals surface area contributed by atoms with E-state index >= 15 is 0 Å². The van der Waals surface area contributed by atoms with Gasteiger partial charge in [0.25, 0.3) is 0 Å². The van der Waals surface area contributed by atoms with E-state index in [0.29, 0.717) is 0 Å². The predicted octanol–water partition coefficient (Wildman–Crippen LogP) is 2.01. The van der Waals surface area contributed by atoms with Crippen LogP contribution in [0.2, 0.25) is 0 Å². The molecule has 0 bridgehead atoms. The van der Waals surface area contributed by atoms with E-state index in [1.54, 1.807) is 13.8 Å². The van der Waals surface area contributed by atoms with Crippen molar-refractivity contribution >= 4 is 9.84 Å². The Kier molecular flexibility index (Phi) is 5.59. The first kappa shape index (κ1) is 14.4. The first-order valence-corrected chi connectivity index (χ1v) is 5.48. The van der Waals surface area contributed by atoms with Gasteiger partial charge in [-0.05, 0) is 32.0 Å². The largest absolute Gasteiger partial charge is 0.223 e. The molecule has 2 nitrogen and oxygen atoms in total. The number of benzene rings is 1. The summed E-state index contributed by atoms with van der Waals surface area (Å²) < 4.78 is 35.7. The third-order valence-electron chi connectivity index (χ3n) is 1.75. The molecule has 0 heterocycles. The first-order chi connectivity index (χ1) is 5.94. The second-order valence-electron chi connectivity index (χ2n) is 3.05. The van der Waals surface area contributed by atoms with Crippen molar-refractivity contribution in [1.29, 1.82) is 0 Å². The van der Waals surface area contributed by atoms with Crippen LogP contribution in [0.15, 0.2) is 29.2 Å². The molecule has 0 aliphatic carbocycles. The smallest absolute Gasteiger partial charge is 0.180 e. The van der Waals surface area contributed by atoms with E-state index in [1.165, 1.54) is 18.2 Å². The normalized spacial score (nSPS) is 11.1. The maximum atomic E-state index is 12.7. The average Bonchev–Trinajstić information content (AvgIpc) is 2.04. The van der Waals surface area contributed by atoms with Crippen LogP contribution < -0.4 is 0 Å². The van der Waals surface area contributed by atoms with Crippen LogP contribution in [0.25, 0.3) is 0 Å². The molecule has 5 heteroatoms. The summed E-state index contributed by atoms with van der Waals surface area (Å²) in [7, 11) is -3.34. The van der Waals surface area contributed by atoms with Crippen LogP contribution in [0, 0.1) is 43.6 Å². The molecule has 1 rings (SSSR count). The zero-order chi connectivity index (χ0) is 10.1. The molecule has 0 saturated carbocycles. The van der Waals surface area contributed by atoms with Crippen LogP contribution in [-0.4, -0.2) is 13.7 Å². The summed E-state index contributed by atoms with van der Waals surface area (Å²) in [6.07, 6.45) is 0. The molecule has 0 N–H and O–H groups in total. The van der Waals surface area contributed by atoms with Crippen molar-refractivity contribution in [2.24, 2.45) is 0 Å². The molecular formula is C9H11ArFO2S. The maximum absolute atomic E-state index is 12.7. The molecular weight excluding hydrogens is 231 g/mol. The van der Waals surface area contributed by atoms with Crippen molar-refractivity contribution < 1.29 is 50.5 Å². The van der Waals surface area contributed by atoms with Gasteiger partial charge in [-0.3, -0.25) is 0 Å². The topological polar surface area (TPSA) is 34.1 Å². The van der Waals surface area contributed by atoms with Crippen LogP contribution in [0.1, 0.15) is 13.8 Å². The minimum Gasteiger partial charge on any atom is -0.223 e. The SMILES string of the molecule is CC(C)S(=O)(=O)c1cccc(F)c1.[Ar]. The maximum Gasteiger partial charge on any atom is 0.180 e. The van der Waals surface area contributed by atoms with Gasteiger partial charge in [0.2, 0.25) is 0 Å². The van der Waals surface area contributed by atoms with Gasteiger partial charge < -0.3 is 0 Å². The number of rotatable bonds is 2. The van der Waals surface area contributed by atoms with E-state index in [4.69, 9.17) is 0 Å². The molecule has 0 aliphatic heterocycles. The quantitative estimate of drug-likeness (QED) is 0.795. The third kappa shape index (κ3) is 3.19. The van der Waals surface area contributed by atoms with Crippen LogP contribution in [0.5, 0.6) is 0 Å². The standard InChI is InChI=1S/C9H11FO2S.Ar/c1-7(2)13(11,12)9-5-3-4-8(10)6-9;/h3-7H,1-2H3;. The van der Waals surface area contributed by atoms with Crippen LogP contribution in [0.4, 0.5) is 4.39 Å². The monoisotopic (exact) mass is 242 g/mol. The van der Waals surface area contributed by atoms with Crippen molar-refractivity contribution in [3.05, 3.63) is 30.1 Å². The summed E-state index contributed by atoms with van der Waals surface area (Å²) in [4.78, 5) is 0.0440. The van der Waals surface area contributed by atoms with Gasteiger partial charge in [0.15, 0.2) is 9.84 Å². The molecule has 0 fully saturated rings. The Morgan fingerprint density at radius 2 is 1.86 bits per heavy atom. The van der Waals surface area contributed by atoms with Gasteiger partial charge in [-0.25, -0.2) is 12.8 Å². The second-order valence-corrected chi connectivity index (χ2v) is 5.56. The van der Waals surface area contributed by atoms with E-state index in [9.17, 15) is 12.8 Å². The van der Waals surface area contributed by atoms with Gasteiger partial charge in [0.05, 0.1) is 10.1 Å². The fourth-order valence-corrected chi connectivity index (χ4v) is 2.01. The van der Waals surface area contributed by atoms with Crippen LogP contribution in [0.3, 0.4) is 0 Å². The number of halogens is 1. The van der Waals surface area contributed by atoms with E-state index in [1.807, 2.05) is 0 Å². The average molecular weight is 242 g/mol. The molecule has 14 heavy (non-hydrogen) atoms. The summed E-state index contributed by atoms with van der Waals surface area (Å²) in [6.45, 7) is 3.14. The summed E-state index contributed by atoms with van der Waals surface area (Å²) in [6, 6.07) is 5.05. The molecule has 0 aliphatic rings. The Hall–Kier alpha value is 0.360. The Bertz CT molecular complexity index is 401. The van der Waals surface area contributed by atoms with E-state index < -0.39 is 20.9 Å². The molecule has 0 amide bonds. The van der Waals surface area contributed by atoms with Crippen molar-refractivity contribution in [2.75, 3.05) is 0 Å². The van der Waals surface area contributed by atoms with Gasteiger partial charge in [0.1, 0.15) is 5.82 Å². The molecule has 0 spiro atoms. The summed E-state index contributed by atoms with van der Waals surface area (Å²) in [5, 5.41) is -0.519. The fourth-order valence-electron chi connectivity index (χ4n) is 0.916. The van der Waals surface area contributed by atoms with Crippen molar-refractivity contribution in [1.82, 2.24) is 0 Å². The van der Waals surface area contributed by atoms with Crippen molar-refractivity contribution in [2.45, 2.75) is 24.0 Å². The molecule has 0 saturated heterocycles.